The van der Waals surface area contributed by atoms with Gasteiger partial charge in [0.25, 0.3) is 5.91 Å². The second-order valence-corrected chi connectivity index (χ2v) is 6.32. The number of rotatable bonds is 5. The van der Waals surface area contributed by atoms with Gasteiger partial charge in [0.2, 0.25) is 0 Å². The summed E-state index contributed by atoms with van der Waals surface area (Å²) in [6.45, 7) is 1.63. The minimum atomic E-state index is -0.550. The molecule has 0 saturated heterocycles. The molecule has 22 heavy (non-hydrogen) atoms. The lowest BCUT2D eigenvalue weighted by atomic mass is 10.2. The van der Waals surface area contributed by atoms with Gasteiger partial charge in [-0.1, -0.05) is 12.1 Å². The largest absolute Gasteiger partial charge is 0.452 e. The highest BCUT2D eigenvalue weighted by Crippen LogP contribution is 2.23. The van der Waals surface area contributed by atoms with E-state index in [1.165, 1.54) is 17.4 Å². The van der Waals surface area contributed by atoms with Crippen LogP contribution in [0.3, 0.4) is 0 Å². The molecule has 114 valence electrons. The van der Waals surface area contributed by atoms with Crippen molar-refractivity contribution >= 4 is 50.9 Å². The number of benzene rings is 1. The second kappa shape index (κ2) is 7.91. The average Bonchev–Trinajstić information content (AvgIpc) is 2.99. The van der Waals surface area contributed by atoms with Crippen LogP contribution in [0, 0.1) is 6.92 Å². The number of aryl methyl sites for hydroxylation is 1. The highest BCUT2D eigenvalue weighted by Gasteiger charge is 2.08. The first-order valence-corrected chi connectivity index (χ1v) is 8.16. The van der Waals surface area contributed by atoms with Gasteiger partial charge in [-0.2, -0.15) is 0 Å². The molecule has 0 fully saturated rings. The van der Waals surface area contributed by atoms with Crippen LogP contribution in [0.2, 0.25) is 0 Å². The normalized spacial score (nSPS) is 10.6. The molecule has 0 bridgehead atoms. The maximum atomic E-state index is 11.8. The summed E-state index contributed by atoms with van der Waals surface area (Å²) in [5.74, 6) is -0.936. The minimum absolute atomic E-state index is 0.325. The predicted molar refractivity (Wildman–Crippen MR) is 91.8 cm³/mol. The van der Waals surface area contributed by atoms with E-state index in [1.54, 1.807) is 12.1 Å². The van der Waals surface area contributed by atoms with Gasteiger partial charge in [-0.3, -0.25) is 4.79 Å². The first-order chi connectivity index (χ1) is 10.5. The van der Waals surface area contributed by atoms with E-state index in [0.717, 1.165) is 14.9 Å². The minimum Gasteiger partial charge on any atom is -0.452 e. The number of thiophene rings is 1. The monoisotopic (exact) mass is 379 g/mol. The molecule has 0 atom stereocenters. The first-order valence-electron chi connectivity index (χ1n) is 6.49. The third-order valence-electron chi connectivity index (χ3n) is 2.67. The molecule has 0 saturated carbocycles. The van der Waals surface area contributed by atoms with Crippen molar-refractivity contribution in [1.29, 1.82) is 0 Å². The summed E-state index contributed by atoms with van der Waals surface area (Å²) in [6.07, 6.45) is 2.96. The van der Waals surface area contributed by atoms with E-state index in [2.05, 4.69) is 21.2 Å². The summed E-state index contributed by atoms with van der Waals surface area (Å²) >= 11 is 4.88. The van der Waals surface area contributed by atoms with Gasteiger partial charge < -0.3 is 10.1 Å². The lowest BCUT2D eigenvalue weighted by molar-refractivity contribution is -0.142. The molecule has 1 aromatic heterocycles. The van der Waals surface area contributed by atoms with E-state index in [9.17, 15) is 9.59 Å². The Bertz CT molecular complexity index is 695. The molecule has 1 amide bonds. The lowest BCUT2D eigenvalue weighted by Gasteiger charge is -2.08. The molecule has 4 nitrogen and oxygen atoms in total. The van der Waals surface area contributed by atoms with Crippen molar-refractivity contribution in [2.75, 3.05) is 11.9 Å². The van der Waals surface area contributed by atoms with Gasteiger partial charge in [0.15, 0.2) is 6.61 Å². The van der Waals surface area contributed by atoms with E-state index in [0.29, 0.717) is 5.69 Å². The molecule has 1 N–H and O–H groups in total. The Labute approximate surface area is 140 Å². The topological polar surface area (TPSA) is 55.4 Å². The van der Waals surface area contributed by atoms with Crippen LogP contribution in [0.25, 0.3) is 6.08 Å². The smallest absolute Gasteiger partial charge is 0.331 e. The van der Waals surface area contributed by atoms with E-state index < -0.39 is 5.97 Å². The van der Waals surface area contributed by atoms with Crippen LogP contribution in [-0.4, -0.2) is 18.5 Å². The molecule has 0 aliphatic carbocycles. The molecule has 1 heterocycles. The third kappa shape index (κ3) is 5.13. The molecule has 0 aliphatic heterocycles. The number of halogens is 1. The second-order valence-electron chi connectivity index (χ2n) is 4.49. The molecule has 2 aromatic rings. The van der Waals surface area contributed by atoms with Crippen molar-refractivity contribution in [1.82, 2.24) is 0 Å². The molecular formula is C16H14BrNO3S. The van der Waals surface area contributed by atoms with Crippen LogP contribution in [-0.2, 0) is 14.3 Å². The number of ether oxygens (including phenoxy) is 1. The van der Waals surface area contributed by atoms with Crippen LogP contribution in [0.15, 0.2) is 46.3 Å². The summed E-state index contributed by atoms with van der Waals surface area (Å²) in [7, 11) is 0. The molecule has 0 spiro atoms. The number of amides is 1. The van der Waals surface area contributed by atoms with Gasteiger partial charge in [-0.25, -0.2) is 4.79 Å². The summed E-state index contributed by atoms with van der Waals surface area (Å²) in [4.78, 5) is 24.2. The Hall–Kier alpha value is -1.92. The number of anilines is 1. The third-order valence-corrected chi connectivity index (χ3v) is 4.16. The Balaban J connectivity index is 1.81. The van der Waals surface area contributed by atoms with E-state index >= 15 is 0 Å². The number of nitrogens with one attached hydrogen (secondary N) is 1. The van der Waals surface area contributed by atoms with Gasteiger partial charge in [0.1, 0.15) is 0 Å². The molecule has 0 aliphatic rings. The van der Waals surface area contributed by atoms with Crippen LogP contribution < -0.4 is 5.32 Å². The highest BCUT2D eigenvalue weighted by molar-refractivity contribution is 9.10. The van der Waals surface area contributed by atoms with Gasteiger partial charge in [0, 0.05) is 15.4 Å². The standard InChI is InChI=1S/C16H14BrNO3S/c1-11-4-6-14(13(17)9-11)18-15(19)10-21-16(20)7-5-12-3-2-8-22-12/h2-9H,10H2,1H3,(H,18,19)/b7-5+. The van der Waals surface area contributed by atoms with Crippen molar-refractivity contribution < 1.29 is 14.3 Å². The number of carbonyl (C=O) groups excluding carboxylic acids is 2. The zero-order valence-corrected chi connectivity index (χ0v) is 14.2. The maximum absolute atomic E-state index is 11.8. The summed E-state index contributed by atoms with van der Waals surface area (Å²) in [5, 5.41) is 4.59. The fourth-order valence-electron chi connectivity index (χ4n) is 1.63. The summed E-state index contributed by atoms with van der Waals surface area (Å²) in [6, 6.07) is 9.34. The molecule has 1 aromatic carbocycles. The maximum Gasteiger partial charge on any atom is 0.331 e. The van der Waals surface area contributed by atoms with Crippen molar-refractivity contribution in [2.24, 2.45) is 0 Å². The molecule has 0 radical (unpaired) electrons. The van der Waals surface area contributed by atoms with Crippen LogP contribution >= 0.6 is 27.3 Å². The Morgan fingerprint density at radius 2 is 2.18 bits per heavy atom. The molecule has 0 unspecified atom stereocenters. The summed E-state index contributed by atoms with van der Waals surface area (Å²) in [5.41, 5.74) is 1.72. The van der Waals surface area contributed by atoms with E-state index in [1.807, 2.05) is 36.6 Å². The SMILES string of the molecule is Cc1ccc(NC(=O)COC(=O)/C=C/c2cccs2)c(Br)c1. The quantitative estimate of drug-likeness (QED) is 0.630. The summed E-state index contributed by atoms with van der Waals surface area (Å²) < 4.78 is 5.67. The average molecular weight is 380 g/mol. The Morgan fingerprint density at radius 1 is 1.36 bits per heavy atom. The fourth-order valence-corrected chi connectivity index (χ4v) is 2.84. The Kier molecular flexibility index (Phi) is 5.91. The van der Waals surface area contributed by atoms with Crippen molar-refractivity contribution in [3.8, 4) is 0 Å². The van der Waals surface area contributed by atoms with Crippen molar-refractivity contribution in [2.45, 2.75) is 6.92 Å². The van der Waals surface area contributed by atoms with Gasteiger partial charge in [0.05, 0.1) is 5.69 Å². The molecular weight excluding hydrogens is 366 g/mol. The molecule has 6 heteroatoms. The van der Waals surface area contributed by atoms with Crippen molar-refractivity contribution in [3.05, 3.63) is 56.7 Å². The van der Waals surface area contributed by atoms with Crippen LogP contribution in [0.5, 0.6) is 0 Å². The highest BCUT2D eigenvalue weighted by atomic mass is 79.9. The fraction of sp³-hybridized carbons (Fsp3) is 0.125. The van der Waals surface area contributed by atoms with Crippen molar-refractivity contribution in [3.63, 3.8) is 0 Å². The van der Waals surface area contributed by atoms with Gasteiger partial charge in [-0.15, -0.1) is 11.3 Å². The number of hydrogen-bond donors (Lipinski definition) is 1. The number of hydrogen-bond acceptors (Lipinski definition) is 4. The molecule has 2 rings (SSSR count). The zero-order chi connectivity index (χ0) is 15.9. The number of esters is 1. The van der Waals surface area contributed by atoms with E-state index in [-0.39, 0.29) is 12.5 Å². The lowest BCUT2D eigenvalue weighted by Crippen LogP contribution is -2.20. The number of carbonyl (C=O) groups is 2. The zero-order valence-electron chi connectivity index (χ0n) is 11.8. The van der Waals surface area contributed by atoms with Crippen LogP contribution in [0.4, 0.5) is 5.69 Å². The van der Waals surface area contributed by atoms with Gasteiger partial charge >= 0.3 is 5.97 Å². The van der Waals surface area contributed by atoms with Gasteiger partial charge in [-0.05, 0) is 58.1 Å². The Morgan fingerprint density at radius 3 is 2.86 bits per heavy atom. The first kappa shape index (κ1) is 16.5. The van der Waals surface area contributed by atoms with Crippen LogP contribution in [0.1, 0.15) is 10.4 Å². The predicted octanol–water partition coefficient (Wildman–Crippen LogP) is 4.01. The van der Waals surface area contributed by atoms with E-state index in [4.69, 9.17) is 4.74 Å².